The smallest absolute Gasteiger partial charge is 0.141 e. The van der Waals surface area contributed by atoms with Gasteiger partial charge in [0.15, 0.2) is 0 Å². The minimum absolute atomic E-state index is 0.0612. The maximum atomic E-state index is 13.4. The van der Waals surface area contributed by atoms with Crippen molar-refractivity contribution in [1.29, 1.82) is 0 Å². The molecule has 0 unspecified atom stereocenters. The second-order valence-corrected chi connectivity index (χ2v) is 6.41. The molecule has 0 atom stereocenters. The Kier molecular flexibility index (Phi) is 4.37. The van der Waals surface area contributed by atoms with Crippen molar-refractivity contribution in [2.45, 2.75) is 13.8 Å². The molecule has 3 rings (SSSR count). The lowest BCUT2D eigenvalue weighted by molar-refractivity contribution is 0.627. The molecule has 0 aliphatic rings. The zero-order chi connectivity index (χ0) is 16.7. The fourth-order valence-electron chi connectivity index (χ4n) is 2.58. The van der Waals surface area contributed by atoms with E-state index in [-0.39, 0.29) is 5.02 Å². The number of rotatable bonds is 2. The number of hydrogen-bond donors (Lipinski definition) is 0. The normalized spacial score (nSPS) is 11.0. The standard InChI is InChI=1S/C17H12Cl3FN2/c1-9-17(11-3-5-13(18)14(19)7-11)10(2)23(22-9)12-4-6-16(21)15(20)8-12/h3-8H,1-2H3. The summed E-state index contributed by atoms with van der Waals surface area (Å²) in [5.41, 5.74) is 4.33. The summed E-state index contributed by atoms with van der Waals surface area (Å²) in [5, 5.41) is 5.59. The van der Waals surface area contributed by atoms with Crippen LogP contribution in [-0.2, 0) is 0 Å². The molecule has 0 aliphatic carbocycles. The lowest BCUT2D eigenvalue weighted by Crippen LogP contribution is -1.99. The van der Waals surface area contributed by atoms with Crippen molar-refractivity contribution in [1.82, 2.24) is 9.78 Å². The number of aromatic nitrogens is 2. The van der Waals surface area contributed by atoms with E-state index in [0.717, 1.165) is 22.5 Å². The molecular formula is C17H12Cl3FN2. The van der Waals surface area contributed by atoms with Crippen molar-refractivity contribution in [3.63, 3.8) is 0 Å². The van der Waals surface area contributed by atoms with E-state index >= 15 is 0 Å². The lowest BCUT2D eigenvalue weighted by atomic mass is 10.0. The van der Waals surface area contributed by atoms with Crippen LogP contribution in [0.15, 0.2) is 36.4 Å². The summed E-state index contributed by atoms with van der Waals surface area (Å²) in [6, 6.07) is 9.97. The maximum absolute atomic E-state index is 13.4. The van der Waals surface area contributed by atoms with E-state index in [9.17, 15) is 4.39 Å². The van der Waals surface area contributed by atoms with Crippen LogP contribution in [0.3, 0.4) is 0 Å². The van der Waals surface area contributed by atoms with Crippen molar-refractivity contribution in [3.05, 3.63) is 68.7 Å². The number of nitrogens with zero attached hydrogens (tertiary/aromatic N) is 2. The number of benzene rings is 2. The third kappa shape index (κ3) is 2.97. The summed E-state index contributed by atoms with van der Waals surface area (Å²) in [6.07, 6.45) is 0. The first kappa shape index (κ1) is 16.3. The largest absolute Gasteiger partial charge is 0.237 e. The highest BCUT2D eigenvalue weighted by molar-refractivity contribution is 6.42. The van der Waals surface area contributed by atoms with Gasteiger partial charge in [0.05, 0.1) is 26.4 Å². The van der Waals surface area contributed by atoms with E-state index in [1.54, 1.807) is 22.9 Å². The minimum atomic E-state index is -0.457. The zero-order valence-electron chi connectivity index (χ0n) is 12.4. The number of hydrogen-bond acceptors (Lipinski definition) is 1. The highest BCUT2D eigenvalue weighted by Crippen LogP contribution is 2.33. The Bertz CT molecular complexity index is 903. The second kappa shape index (κ2) is 6.16. The van der Waals surface area contributed by atoms with Gasteiger partial charge in [-0.15, -0.1) is 0 Å². The Labute approximate surface area is 148 Å². The van der Waals surface area contributed by atoms with Gasteiger partial charge in [0.2, 0.25) is 0 Å². The molecule has 1 heterocycles. The molecule has 0 N–H and O–H groups in total. The molecule has 118 valence electrons. The van der Waals surface area contributed by atoms with Gasteiger partial charge in [-0.25, -0.2) is 9.07 Å². The average molecular weight is 370 g/mol. The molecule has 6 heteroatoms. The van der Waals surface area contributed by atoms with E-state index < -0.39 is 5.82 Å². The second-order valence-electron chi connectivity index (χ2n) is 5.18. The van der Waals surface area contributed by atoms with Crippen LogP contribution < -0.4 is 0 Å². The van der Waals surface area contributed by atoms with Crippen LogP contribution in [0.2, 0.25) is 15.1 Å². The summed E-state index contributed by atoms with van der Waals surface area (Å²) >= 11 is 18.0. The summed E-state index contributed by atoms with van der Waals surface area (Å²) in [7, 11) is 0. The molecule has 2 aromatic carbocycles. The third-order valence-corrected chi connectivity index (χ3v) is 4.68. The van der Waals surface area contributed by atoms with Crippen LogP contribution in [0.5, 0.6) is 0 Å². The average Bonchev–Trinajstić information content (AvgIpc) is 2.80. The Morgan fingerprint density at radius 3 is 2.30 bits per heavy atom. The summed E-state index contributed by atoms with van der Waals surface area (Å²) in [6.45, 7) is 3.85. The van der Waals surface area contributed by atoms with Gasteiger partial charge in [-0.05, 0) is 49.7 Å². The number of halogens is 4. The van der Waals surface area contributed by atoms with Gasteiger partial charge in [0, 0.05) is 11.3 Å². The molecule has 0 bridgehead atoms. The van der Waals surface area contributed by atoms with Crippen LogP contribution in [-0.4, -0.2) is 9.78 Å². The first-order valence-electron chi connectivity index (χ1n) is 6.85. The molecule has 0 saturated heterocycles. The Morgan fingerprint density at radius 1 is 0.913 bits per heavy atom. The first-order valence-corrected chi connectivity index (χ1v) is 7.99. The quantitative estimate of drug-likeness (QED) is 0.521. The van der Waals surface area contributed by atoms with Gasteiger partial charge < -0.3 is 0 Å². The molecule has 0 radical (unpaired) electrons. The van der Waals surface area contributed by atoms with Crippen molar-refractivity contribution < 1.29 is 4.39 Å². The predicted octanol–water partition coefficient (Wildman–Crippen LogP) is 6.26. The molecule has 0 aliphatic heterocycles. The van der Waals surface area contributed by atoms with Gasteiger partial charge in [-0.3, -0.25) is 0 Å². The molecule has 0 amide bonds. The van der Waals surface area contributed by atoms with Gasteiger partial charge in [0.1, 0.15) is 5.82 Å². The number of aryl methyl sites for hydroxylation is 1. The first-order chi connectivity index (χ1) is 10.9. The molecule has 23 heavy (non-hydrogen) atoms. The molecule has 1 aromatic heterocycles. The molecule has 2 nitrogen and oxygen atoms in total. The van der Waals surface area contributed by atoms with Crippen LogP contribution in [0.4, 0.5) is 4.39 Å². The SMILES string of the molecule is Cc1nn(-c2ccc(F)c(Cl)c2)c(C)c1-c1ccc(Cl)c(Cl)c1. The van der Waals surface area contributed by atoms with Crippen molar-refractivity contribution >= 4 is 34.8 Å². The van der Waals surface area contributed by atoms with E-state index in [1.807, 2.05) is 26.0 Å². The topological polar surface area (TPSA) is 17.8 Å². The van der Waals surface area contributed by atoms with Crippen LogP contribution in [0.1, 0.15) is 11.4 Å². The summed E-state index contributed by atoms with van der Waals surface area (Å²) in [4.78, 5) is 0. The molecule has 0 fully saturated rings. The van der Waals surface area contributed by atoms with Gasteiger partial charge in [-0.2, -0.15) is 5.10 Å². The minimum Gasteiger partial charge on any atom is -0.237 e. The van der Waals surface area contributed by atoms with Crippen molar-refractivity contribution in [2.24, 2.45) is 0 Å². The summed E-state index contributed by atoms with van der Waals surface area (Å²) < 4.78 is 15.1. The van der Waals surface area contributed by atoms with Crippen LogP contribution in [0, 0.1) is 19.7 Å². The lowest BCUT2D eigenvalue weighted by Gasteiger charge is -2.07. The van der Waals surface area contributed by atoms with Crippen LogP contribution >= 0.6 is 34.8 Å². The highest BCUT2D eigenvalue weighted by atomic mass is 35.5. The maximum Gasteiger partial charge on any atom is 0.141 e. The third-order valence-electron chi connectivity index (χ3n) is 3.65. The fraction of sp³-hybridized carbons (Fsp3) is 0.118. The van der Waals surface area contributed by atoms with Crippen LogP contribution in [0.25, 0.3) is 16.8 Å². The highest BCUT2D eigenvalue weighted by Gasteiger charge is 2.16. The van der Waals surface area contributed by atoms with Gasteiger partial charge in [0.25, 0.3) is 0 Å². The van der Waals surface area contributed by atoms with Crippen molar-refractivity contribution in [2.75, 3.05) is 0 Å². The fourth-order valence-corrected chi connectivity index (χ4v) is 3.05. The Balaban J connectivity index is 2.15. The van der Waals surface area contributed by atoms with E-state index in [4.69, 9.17) is 34.8 Å². The van der Waals surface area contributed by atoms with Crippen molar-refractivity contribution in [3.8, 4) is 16.8 Å². The Morgan fingerprint density at radius 2 is 1.65 bits per heavy atom. The van der Waals surface area contributed by atoms with Gasteiger partial charge >= 0.3 is 0 Å². The Hall–Kier alpha value is -1.55. The molecular weight excluding hydrogens is 358 g/mol. The zero-order valence-corrected chi connectivity index (χ0v) is 14.6. The molecule has 3 aromatic rings. The van der Waals surface area contributed by atoms with E-state index in [0.29, 0.717) is 15.7 Å². The van der Waals surface area contributed by atoms with Gasteiger partial charge in [-0.1, -0.05) is 40.9 Å². The van der Waals surface area contributed by atoms with E-state index in [2.05, 4.69) is 5.10 Å². The van der Waals surface area contributed by atoms with E-state index in [1.165, 1.54) is 6.07 Å². The predicted molar refractivity (Wildman–Crippen MR) is 93.5 cm³/mol. The molecule has 0 spiro atoms. The summed E-state index contributed by atoms with van der Waals surface area (Å²) in [5.74, 6) is -0.457. The monoisotopic (exact) mass is 368 g/mol. The molecule has 0 saturated carbocycles.